The van der Waals surface area contributed by atoms with Crippen molar-refractivity contribution >= 4 is 41.5 Å². The number of piperazine rings is 1. The third kappa shape index (κ3) is 5.58. The standard InChI is InChI=1S/C19H25N3O.2ClH/c1-15(20)13-19(23)22-11-9-21(10-12-22)14-17-7-4-6-16-5-2-3-8-18(16)17;;/h2-8,15H,9-14,20H2,1H3;2*1H. The van der Waals surface area contributed by atoms with Gasteiger partial charge in [-0.25, -0.2) is 0 Å². The SMILES string of the molecule is CC(N)CC(=O)N1CCN(Cc2cccc3ccccc23)CC1.Cl.Cl. The van der Waals surface area contributed by atoms with E-state index >= 15 is 0 Å². The number of rotatable bonds is 4. The summed E-state index contributed by atoms with van der Waals surface area (Å²) >= 11 is 0. The van der Waals surface area contributed by atoms with Gasteiger partial charge in [-0.1, -0.05) is 42.5 Å². The first-order valence-corrected chi connectivity index (χ1v) is 8.36. The number of fused-ring (bicyclic) bond motifs is 1. The Balaban J connectivity index is 0.00000156. The van der Waals surface area contributed by atoms with E-state index in [1.54, 1.807) is 0 Å². The van der Waals surface area contributed by atoms with Crippen molar-refractivity contribution in [3.63, 3.8) is 0 Å². The fourth-order valence-electron chi connectivity index (χ4n) is 3.23. The molecule has 2 aromatic rings. The molecule has 1 amide bonds. The Morgan fingerprint density at radius 1 is 1.04 bits per heavy atom. The highest BCUT2D eigenvalue weighted by Gasteiger charge is 2.21. The molecule has 2 N–H and O–H groups in total. The molecule has 4 nitrogen and oxygen atoms in total. The molecule has 1 saturated heterocycles. The lowest BCUT2D eigenvalue weighted by Gasteiger charge is -2.35. The molecule has 138 valence electrons. The molecule has 1 aliphatic heterocycles. The molecule has 2 aromatic carbocycles. The summed E-state index contributed by atoms with van der Waals surface area (Å²) in [4.78, 5) is 16.5. The molecule has 1 aliphatic rings. The van der Waals surface area contributed by atoms with E-state index in [-0.39, 0.29) is 36.8 Å². The van der Waals surface area contributed by atoms with Gasteiger partial charge in [0.25, 0.3) is 0 Å². The molecule has 1 unspecified atom stereocenters. The quantitative estimate of drug-likeness (QED) is 0.882. The second-order valence-corrected chi connectivity index (χ2v) is 6.48. The summed E-state index contributed by atoms with van der Waals surface area (Å²) < 4.78 is 0. The van der Waals surface area contributed by atoms with E-state index in [4.69, 9.17) is 5.73 Å². The van der Waals surface area contributed by atoms with Gasteiger partial charge in [-0.05, 0) is 23.3 Å². The summed E-state index contributed by atoms with van der Waals surface area (Å²) in [6.45, 7) is 6.28. The van der Waals surface area contributed by atoms with Crippen LogP contribution in [0.25, 0.3) is 10.8 Å². The van der Waals surface area contributed by atoms with Crippen molar-refractivity contribution in [2.75, 3.05) is 26.2 Å². The predicted molar refractivity (Wildman–Crippen MR) is 109 cm³/mol. The minimum atomic E-state index is -0.0591. The Morgan fingerprint density at radius 3 is 2.36 bits per heavy atom. The average Bonchev–Trinajstić information content (AvgIpc) is 2.55. The number of halogens is 2. The number of carbonyl (C=O) groups excluding carboxylic acids is 1. The summed E-state index contributed by atoms with van der Waals surface area (Å²) in [5.41, 5.74) is 7.08. The predicted octanol–water partition coefficient (Wildman–Crippen LogP) is 3.06. The number of nitrogens with two attached hydrogens (primary N) is 1. The first-order chi connectivity index (χ1) is 11.1. The van der Waals surface area contributed by atoms with Crippen LogP contribution in [0.2, 0.25) is 0 Å². The van der Waals surface area contributed by atoms with Crippen LogP contribution in [0.4, 0.5) is 0 Å². The lowest BCUT2D eigenvalue weighted by atomic mass is 10.0. The number of benzene rings is 2. The Morgan fingerprint density at radius 2 is 1.68 bits per heavy atom. The largest absolute Gasteiger partial charge is 0.340 e. The summed E-state index contributed by atoms with van der Waals surface area (Å²) in [5.74, 6) is 0.185. The minimum absolute atomic E-state index is 0. The van der Waals surface area contributed by atoms with Gasteiger partial charge >= 0.3 is 0 Å². The zero-order valence-corrected chi connectivity index (χ0v) is 16.2. The van der Waals surface area contributed by atoms with Crippen LogP contribution in [-0.2, 0) is 11.3 Å². The Hall–Kier alpha value is -1.33. The van der Waals surface area contributed by atoms with Crippen molar-refractivity contribution in [2.45, 2.75) is 25.9 Å². The molecule has 0 aliphatic carbocycles. The topological polar surface area (TPSA) is 49.6 Å². The van der Waals surface area contributed by atoms with Crippen LogP contribution >= 0.6 is 24.8 Å². The average molecular weight is 384 g/mol. The van der Waals surface area contributed by atoms with E-state index in [1.165, 1.54) is 16.3 Å². The maximum atomic E-state index is 12.1. The molecule has 25 heavy (non-hydrogen) atoms. The molecule has 1 heterocycles. The monoisotopic (exact) mass is 383 g/mol. The van der Waals surface area contributed by atoms with Crippen molar-refractivity contribution in [3.05, 3.63) is 48.0 Å². The van der Waals surface area contributed by atoms with Gasteiger partial charge in [0.2, 0.25) is 5.91 Å². The zero-order valence-electron chi connectivity index (χ0n) is 14.6. The molecular formula is C19H27Cl2N3O. The Kier molecular flexibility index (Phi) is 8.66. The van der Waals surface area contributed by atoms with Gasteiger partial charge < -0.3 is 10.6 Å². The number of nitrogens with zero attached hydrogens (tertiary/aromatic N) is 2. The van der Waals surface area contributed by atoms with Crippen LogP contribution in [0.15, 0.2) is 42.5 Å². The zero-order chi connectivity index (χ0) is 16.2. The molecule has 3 rings (SSSR count). The second kappa shape index (κ2) is 9.97. The summed E-state index contributed by atoms with van der Waals surface area (Å²) in [6, 6.07) is 14.9. The van der Waals surface area contributed by atoms with Gasteiger partial charge in [0.05, 0.1) is 0 Å². The number of amides is 1. The van der Waals surface area contributed by atoms with Crippen molar-refractivity contribution in [3.8, 4) is 0 Å². The highest BCUT2D eigenvalue weighted by atomic mass is 35.5. The second-order valence-electron chi connectivity index (χ2n) is 6.48. The first kappa shape index (κ1) is 21.7. The van der Waals surface area contributed by atoms with Gasteiger partial charge in [-0.15, -0.1) is 24.8 Å². The van der Waals surface area contributed by atoms with E-state index in [0.29, 0.717) is 6.42 Å². The molecule has 1 fully saturated rings. The maximum absolute atomic E-state index is 12.1. The highest BCUT2D eigenvalue weighted by molar-refractivity contribution is 5.86. The molecule has 6 heteroatoms. The van der Waals surface area contributed by atoms with Gasteiger partial charge in [0.1, 0.15) is 0 Å². The molecule has 0 spiro atoms. The van der Waals surface area contributed by atoms with E-state index in [0.717, 1.165) is 32.7 Å². The molecule has 0 aromatic heterocycles. The summed E-state index contributed by atoms with van der Waals surface area (Å²) in [7, 11) is 0. The van der Waals surface area contributed by atoms with E-state index in [9.17, 15) is 4.79 Å². The fraction of sp³-hybridized carbons (Fsp3) is 0.421. The molecule has 0 radical (unpaired) electrons. The van der Waals surface area contributed by atoms with Crippen molar-refractivity contribution in [2.24, 2.45) is 5.73 Å². The Labute approximate surface area is 162 Å². The smallest absolute Gasteiger partial charge is 0.224 e. The molecule has 0 saturated carbocycles. The lowest BCUT2D eigenvalue weighted by molar-refractivity contribution is -0.133. The van der Waals surface area contributed by atoms with Crippen molar-refractivity contribution in [1.29, 1.82) is 0 Å². The molecular weight excluding hydrogens is 357 g/mol. The van der Waals surface area contributed by atoms with Crippen LogP contribution in [0, 0.1) is 0 Å². The highest BCUT2D eigenvalue weighted by Crippen LogP contribution is 2.20. The van der Waals surface area contributed by atoms with Gasteiger partial charge in [0, 0.05) is 45.2 Å². The van der Waals surface area contributed by atoms with Gasteiger partial charge in [-0.2, -0.15) is 0 Å². The van der Waals surface area contributed by atoms with E-state index in [1.807, 2.05) is 11.8 Å². The summed E-state index contributed by atoms with van der Waals surface area (Å²) in [6.07, 6.45) is 0.448. The summed E-state index contributed by atoms with van der Waals surface area (Å²) in [5, 5.41) is 2.61. The van der Waals surface area contributed by atoms with Crippen molar-refractivity contribution < 1.29 is 4.79 Å². The van der Waals surface area contributed by atoms with Crippen LogP contribution in [-0.4, -0.2) is 47.9 Å². The van der Waals surface area contributed by atoms with Crippen LogP contribution < -0.4 is 5.73 Å². The maximum Gasteiger partial charge on any atom is 0.224 e. The van der Waals surface area contributed by atoms with E-state index in [2.05, 4.69) is 47.4 Å². The van der Waals surface area contributed by atoms with Crippen LogP contribution in [0.3, 0.4) is 0 Å². The molecule has 1 atom stereocenters. The number of hydrogen-bond donors (Lipinski definition) is 1. The third-order valence-corrected chi connectivity index (χ3v) is 4.50. The number of carbonyl (C=O) groups is 1. The van der Waals surface area contributed by atoms with Gasteiger partial charge in [-0.3, -0.25) is 9.69 Å². The third-order valence-electron chi connectivity index (χ3n) is 4.50. The number of hydrogen-bond acceptors (Lipinski definition) is 3. The first-order valence-electron chi connectivity index (χ1n) is 8.36. The van der Waals surface area contributed by atoms with Crippen LogP contribution in [0.5, 0.6) is 0 Å². The van der Waals surface area contributed by atoms with Crippen molar-refractivity contribution in [1.82, 2.24) is 9.80 Å². The normalized spacial score (nSPS) is 16.0. The Bertz CT molecular complexity index is 680. The fourth-order valence-corrected chi connectivity index (χ4v) is 3.23. The van der Waals surface area contributed by atoms with E-state index < -0.39 is 0 Å². The van der Waals surface area contributed by atoms with Gasteiger partial charge in [0.15, 0.2) is 0 Å². The van der Waals surface area contributed by atoms with Crippen LogP contribution in [0.1, 0.15) is 18.9 Å². The molecule has 0 bridgehead atoms. The minimum Gasteiger partial charge on any atom is -0.340 e. The lowest BCUT2D eigenvalue weighted by Crippen LogP contribution is -2.49.